The van der Waals surface area contributed by atoms with Crippen molar-refractivity contribution in [1.29, 1.82) is 0 Å². The van der Waals surface area contributed by atoms with Crippen LogP contribution in [0.15, 0.2) is 12.3 Å². The van der Waals surface area contributed by atoms with Gasteiger partial charge in [-0.2, -0.15) is 0 Å². The lowest BCUT2D eigenvalue weighted by molar-refractivity contribution is -0.143. The third-order valence-corrected chi connectivity index (χ3v) is 2.45. The van der Waals surface area contributed by atoms with E-state index < -0.39 is 0 Å². The first-order chi connectivity index (χ1) is 7.20. The maximum Gasteiger partial charge on any atom is 0.328 e. The first-order valence-corrected chi connectivity index (χ1v) is 5.09. The standard InChI is InChI=1S/C11H14N2O2/c1-3-15-11(14)9-5-8-4-7(2)12-6-10(8)13-9/h4,6,9,13H,3,5H2,1-2H3. The highest BCUT2D eigenvalue weighted by molar-refractivity contribution is 5.82. The highest BCUT2D eigenvalue weighted by Gasteiger charge is 2.27. The number of carbonyl (C=O) groups excluding carboxylic acids is 1. The smallest absolute Gasteiger partial charge is 0.328 e. The van der Waals surface area contributed by atoms with E-state index in [2.05, 4.69) is 10.3 Å². The molecule has 80 valence electrons. The van der Waals surface area contributed by atoms with Crippen molar-refractivity contribution in [3.8, 4) is 0 Å². The zero-order valence-electron chi connectivity index (χ0n) is 8.91. The normalized spacial score (nSPS) is 18.1. The molecular formula is C11H14N2O2. The van der Waals surface area contributed by atoms with Crippen LogP contribution in [-0.2, 0) is 16.0 Å². The number of nitrogens with one attached hydrogen (secondary N) is 1. The molecule has 0 amide bonds. The van der Waals surface area contributed by atoms with E-state index in [0.29, 0.717) is 13.0 Å². The van der Waals surface area contributed by atoms with E-state index in [-0.39, 0.29) is 12.0 Å². The lowest BCUT2D eigenvalue weighted by Crippen LogP contribution is -2.28. The SMILES string of the molecule is CCOC(=O)C1Cc2cc(C)ncc2N1. The number of hydrogen-bond donors (Lipinski definition) is 1. The Balaban J connectivity index is 2.12. The molecule has 0 saturated carbocycles. The van der Waals surface area contributed by atoms with Crippen molar-refractivity contribution in [2.75, 3.05) is 11.9 Å². The summed E-state index contributed by atoms with van der Waals surface area (Å²) in [6.07, 6.45) is 2.46. The number of ether oxygens (including phenoxy) is 1. The molecule has 0 bridgehead atoms. The van der Waals surface area contributed by atoms with E-state index in [4.69, 9.17) is 4.74 Å². The average molecular weight is 206 g/mol. The summed E-state index contributed by atoms with van der Waals surface area (Å²) in [4.78, 5) is 15.7. The van der Waals surface area contributed by atoms with Crippen molar-refractivity contribution in [3.05, 3.63) is 23.5 Å². The van der Waals surface area contributed by atoms with Crippen LogP contribution >= 0.6 is 0 Å². The van der Waals surface area contributed by atoms with Crippen LogP contribution in [0, 0.1) is 6.92 Å². The second kappa shape index (κ2) is 3.88. The minimum atomic E-state index is -0.247. The summed E-state index contributed by atoms with van der Waals surface area (Å²) in [6, 6.07) is 1.75. The van der Waals surface area contributed by atoms with Gasteiger partial charge in [0.15, 0.2) is 0 Å². The lowest BCUT2D eigenvalue weighted by atomic mass is 10.1. The Morgan fingerprint density at radius 3 is 3.27 bits per heavy atom. The van der Waals surface area contributed by atoms with Crippen LogP contribution < -0.4 is 5.32 Å². The van der Waals surface area contributed by atoms with Crippen LogP contribution in [0.5, 0.6) is 0 Å². The zero-order valence-corrected chi connectivity index (χ0v) is 8.91. The first-order valence-electron chi connectivity index (χ1n) is 5.09. The fourth-order valence-electron chi connectivity index (χ4n) is 1.76. The molecule has 2 rings (SSSR count). The Kier molecular flexibility index (Phi) is 2.58. The van der Waals surface area contributed by atoms with E-state index in [0.717, 1.165) is 16.9 Å². The summed E-state index contributed by atoms with van der Waals surface area (Å²) in [7, 11) is 0. The molecule has 4 heteroatoms. The number of fused-ring (bicyclic) bond motifs is 1. The molecule has 0 aromatic carbocycles. The molecule has 15 heavy (non-hydrogen) atoms. The second-order valence-electron chi connectivity index (χ2n) is 3.64. The number of carbonyl (C=O) groups is 1. The van der Waals surface area contributed by atoms with Gasteiger partial charge < -0.3 is 10.1 Å². The molecule has 0 fully saturated rings. The van der Waals surface area contributed by atoms with Gasteiger partial charge in [0, 0.05) is 12.1 Å². The molecule has 0 spiro atoms. The van der Waals surface area contributed by atoms with Gasteiger partial charge in [0.2, 0.25) is 0 Å². The fraction of sp³-hybridized carbons (Fsp3) is 0.455. The van der Waals surface area contributed by atoms with Crippen LogP contribution in [0.2, 0.25) is 0 Å². The molecule has 1 unspecified atom stereocenters. The Hall–Kier alpha value is -1.58. The number of nitrogens with zero attached hydrogens (tertiary/aromatic N) is 1. The Morgan fingerprint density at radius 1 is 1.73 bits per heavy atom. The molecule has 0 aliphatic carbocycles. The molecule has 1 aliphatic rings. The van der Waals surface area contributed by atoms with Gasteiger partial charge in [-0.15, -0.1) is 0 Å². The Morgan fingerprint density at radius 2 is 2.53 bits per heavy atom. The molecule has 0 saturated heterocycles. The lowest BCUT2D eigenvalue weighted by Gasteiger charge is -2.08. The molecule has 1 atom stereocenters. The second-order valence-corrected chi connectivity index (χ2v) is 3.64. The van der Waals surface area contributed by atoms with Crippen molar-refractivity contribution in [3.63, 3.8) is 0 Å². The van der Waals surface area contributed by atoms with Crippen LogP contribution in [0.4, 0.5) is 5.69 Å². The van der Waals surface area contributed by atoms with E-state index in [1.807, 2.05) is 19.9 Å². The minimum Gasteiger partial charge on any atom is -0.464 e. The van der Waals surface area contributed by atoms with Crippen molar-refractivity contribution < 1.29 is 9.53 Å². The number of aromatic nitrogens is 1. The molecule has 2 heterocycles. The summed E-state index contributed by atoms with van der Waals surface area (Å²) >= 11 is 0. The van der Waals surface area contributed by atoms with Gasteiger partial charge in [0.05, 0.1) is 18.5 Å². The Labute approximate surface area is 88.7 Å². The van der Waals surface area contributed by atoms with Crippen LogP contribution in [0.1, 0.15) is 18.2 Å². The number of pyridine rings is 1. The maximum atomic E-state index is 11.5. The third kappa shape index (κ3) is 1.93. The minimum absolute atomic E-state index is 0.189. The summed E-state index contributed by atoms with van der Waals surface area (Å²) in [5, 5.41) is 3.11. The van der Waals surface area contributed by atoms with E-state index in [9.17, 15) is 4.79 Å². The van der Waals surface area contributed by atoms with Crippen LogP contribution in [-0.4, -0.2) is 23.6 Å². The van der Waals surface area contributed by atoms with Crippen molar-refractivity contribution in [1.82, 2.24) is 4.98 Å². The van der Waals surface area contributed by atoms with Gasteiger partial charge >= 0.3 is 5.97 Å². The number of esters is 1. The highest BCUT2D eigenvalue weighted by atomic mass is 16.5. The van der Waals surface area contributed by atoms with E-state index in [1.165, 1.54) is 0 Å². The maximum absolute atomic E-state index is 11.5. The average Bonchev–Trinajstić information content (AvgIpc) is 2.60. The zero-order chi connectivity index (χ0) is 10.8. The topological polar surface area (TPSA) is 51.2 Å². The van der Waals surface area contributed by atoms with Crippen molar-refractivity contribution in [2.45, 2.75) is 26.3 Å². The Bertz CT molecular complexity index is 390. The summed E-state index contributed by atoms with van der Waals surface area (Å²) in [5.41, 5.74) is 3.05. The highest BCUT2D eigenvalue weighted by Crippen LogP contribution is 2.25. The van der Waals surface area contributed by atoms with Crippen molar-refractivity contribution >= 4 is 11.7 Å². The van der Waals surface area contributed by atoms with Gasteiger partial charge in [-0.05, 0) is 25.5 Å². The summed E-state index contributed by atoms with van der Waals surface area (Å²) in [5.74, 6) is -0.189. The first kappa shape index (κ1) is 9.96. The molecule has 1 aromatic heterocycles. The molecule has 4 nitrogen and oxygen atoms in total. The van der Waals surface area contributed by atoms with Gasteiger partial charge in [-0.1, -0.05) is 0 Å². The van der Waals surface area contributed by atoms with Gasteiger partial charge in [-0.3, -0.25) is 4.98 Å². The van der Waals surface area contributed by atoms with Gasteiger partial charge in [0.1, 0.15) is 6.04 Å². The van der Waals surface area contributed by atoms with Crippen LogP contribution in [0.25, 0.3) is 0 Å². The quantitative estimate of drug-likeness (QED) is 0.741. The number of rotatable bonds is 2. The molecular weight excluding hydrogens is 192 g/mol. The monoisotopic (exact) mass is 206 g/mol. The third-order valence-electron chi connectivity index (χ3n) is 2.45. The predicted molar refractivity (Wildman–Crippen MR) is 56.7 cm³/mol. The molecule has 1 aromatic rings. The van der Waals surface area contributed by atoms with E-state index in [1.54, 1.807) is 6.20 Å². The fourth-order valence-corrected chi connectivity index (χ4v) is 1.76. The van der Waals surface area contributed by atoms with E-state index >= 15 is 0 Å². The van der Waals surface area contributed by atoms with Gasteiger partial charge in [-0.25, -0.2) is 4.79 Å². The predicted octanol–water partition coefficient (Wildman–Crippen LogP) is 1.29. The molecule has 1 N–H and O–H groups in total. The summed E-state index contributed by atoms with van der Waals surface area (Å²) < 4.78 is 4.97. The summed E-state index contributed by atoms with van der Waals surface area (Å²) in [6.45, 7) is 4.17. The van der Waals surface area contributed by atoms with Gasteiger partial charge in [0.25, 0.3) is 0 Å². The number of aryl methyl sites for hydroxylation is 1. The van der Waals surface area contributed by atoms with Crippen molar-refractivity contribution in [2.24, 2.45) is 0 Å². The van der Waals surface area contributed by atoms with Crippen LogP contribution in [0.3, 0.4) is 0 Å². The molecule has 1 aliphatic heterocycles. The number of hydrogen-bond acceptors (Lipinski definition) is 4. The largest absolute Gasteiger partial charge is 0.464 e. The number of anilines is 1. The molecule has 0 radical (unpaired) electrons.